The average molecular weight is 320 g/mol. The second-order valence-electron chi connectivity index (χ2n) is 6.44. The molecule has 0 aliphatic carbocycles. The first-order chi connectivity index (χ1) is 10.5. The van der Waals surface area contributed by atoms with Crippen molar-refractivity contribution in [1.82, 2.24) is 9.80 Å². The van der Waals surface area contributed by atoms with Crippen LogP contribution < -0.4 is 5.32 Å². The quantitative estimate of drug-likeness (QED) is 0.848. The molecule has 1 aromatic carbocycles. The molecule has 22 heavy (non-hydrogen) atoms. The van der Waals surface area contributed by atoms with Crippen LogP contribution in [0, 0.1) is 6.92 Å². The molecule has 0 radical (unpaired) electrons. The van der Waals surface area contributed by atoms with Gasteiger partial charge < -0.3 is 15.1 Å². The average Bonchev–Trinajstić information content (AvgIpc) is 2.53. The molecular weight excluding hydrogens is 290 g/mol. The van der Waals surface area contributed by atoms with E-state index in [1.54, 1.807) is 0 Å². The fraction of sp³-hybridized carbons (Fsp3) is 0.611. The minimum Gasteiger partial charge on any atom is -0.349 e. The molecule has 3 nitrogen and oxygen atoms in total. The summed E-state index contributed by atoms with van der Waals surface area (Å²) in [7, 11) is 2.26. The van der Waals surface area contributed by atoms with Crippen molar-refractivity contribution in [3.63, 3.8) is 0 Å². The lowest BCUT2D eigenvalue weighted by Crippen LogP contribution is -2.48. The molecule has 1 heterocycles. The van der Waals surface area contributed by atoms with E-state index in [-0.39, 0.29) is 0 Å². The molecule has 1 aliphatic rings. The van der Waals surface area contributed by atoms with Crippen LogP contribution in [0.4, 0.5) is 5.69 Å². The van der Waals surface area contributed by atoms with Gasteiger partial charge in [-0.3, -0.25) is 0 Å². The molecule has 1 aliphatic heterocycles. The Balaban J connectivity index is 1.85. The van der Waals surface area contributed by atoms with Crippen LogP contribution in [0.15, 0.2) is 24.3 Å². The monoisotopic (exact) mass is 319 g/mol. The zero-order valence-corrected chi connectivity index (χ0v) is 15.1. The number of thiocarbonyl (C=S) groups is 1. The number of benzene rings is 1. The minimum absolute atomic E-state index is 0.661. The highest BCUT2D eigenvalue weighted by Crippen LogP contribution is 2.19. The Morgan fingerprint density at radius 1 is 1.41 bits per heavy atom. The molecule has 0 bridgehead atoms. The standard InChI is InChI=1S/C18H29N3S/c1-5-15(3)20(4)17-9-11-21(12-10-17)18(22)19-16-8-6-7-14(2)13-16/h6-8,13,15,17H,5,9-12H2,1-4H3,(H,19,22)/t15-/m0/s1. The highest BCUT2D eigenvalue weighted by molar-refractivity contribution is 7.80. The molecule has 0 aromatic heterocycles. The van der Waals surface area contributed by atoms with E-state index in [9.17, 15) is 0 Å². The first-order valence-electron chi connectivity index (χ1n) is 8.35. The highest BCUT2D eigenvalue weighted by Gasteiger charge is 2.25. The number of nitrogens with zero attached hydrogens (tertiary/aromatic N) is 2. The number of nitrogens with one attached hydrogen (secondary N) is 1. The Kier molecular flexibility index (Phi) is 6.21. The molecule has 1 aromatic rings. The maximum atomic E-state index is 5.58. The topological polar surface area (TPSA) is 18.5 Å². The van der Waals surface area contributed by atoms with Crippen molar-refractivity contribution in [2.24, 2.45) is 0 Å². The molecule has 0 unspecified atom stereocenters. The van der Waals surface area contributed by atoms with Gasteiger partial charge in [0.05, 0.1) is 0 Å². The molecule has 4 heteroatoms. The lowest BCUT2D eigenvalue weighted by molar-refractivity contribution is 0.126. The molecule has 2 rings (SSSR count). The van der Waals surface area contributed by atoms with Crippen LogP contribution in [0.1, 0.15) is 38.7 Å². The summed E-state index contributed by atoms with van der Waals surface area (Å²) in [6, 6.07) is 9.72. The van der Waals surface area contributed by atoms with Crippen LogP contribution in [0.2, 0.25) is 0 Å². The van der Waals surface area contributed by atoms with Gasteiger partial charge in [0.1, 0.15) is 0 Å². The summed E-state index contributed by atoms with van der Waals surface area (Å²) in [5, 5.41) is 4.23. The molecule has 0 saturated carbocycles. The predicted octanol–water partition coefficient (Wildman–Crippen LogP) is 3.89. The fourth-order valence-corrected chi connectivity index (χ4v) is 3.35. The third kappa shape index (κ3) is 4.43. The summed E-state index contributed by atoms with van der Waals surface area (Å²) in [5.41, 5.74) is 2.34. The van der Waals surface area contributed by atoms with E-state index in [0.717, 1.165) is 23.9 Å². The maximum absolute atomic E-state index is 5.58. The van der Waals surface area contributed by atoms with Gasteiger partial charge in [-0.25, -0.2) is 0 Å². The second kappa shape index (κ2) is 7.93. The number of anilines is 1. The Morgan fingerprint density at radius 2 is 2.09 bits per heavy atom. The van der Waals surface area contributed by atoms with Gasteiger partial charge in [0.2, 0.25) is 0 Å². The molecule has 1 atom stereocenters. The van der Waals surface area contributed by atoms with Crippen molar-refractivity contribution in [2.45, 2.75) is 52.1 Å². The largest absolute Gasteiger partial charge is 0.349 e. The predicted molar refractivity (Wildman–Crippen MR) is 99.5 cm³/mol. The van der Waals surface area contributed by atoms with Gasteiger partial charge in [-0.15, -0.1) is 0 Å². The van der Waals surface area contributed by atoms with E-state index < -0.39 is 0 Å². The zero-order valence-electron chi connectivity index (χ0n) is 14.3. The number of aryl methyl sites for hydroxylation is 1. The summed E-state index contributed by atoms with van der Waals surface area (Å²) < 4.78 is 0. The summed E-state index contributed by atoms with van der Waals surface area (Å²) in [4.78, 5) is 4.84. The lowest BCUT2D eigenvalue weighted by Gasteiger charge is -2.40. The third-order valence-corrected chi connectivity index (χ3v) is 5.24. The Labute approximate surface area is 140 Å². The number of piperidine rings is 1. The fourth-order valence-electron chi connectivity index (χ4n) is 3.05. The number of likely N-dealkylation sites (tertiary alicyclic amines) is 1. The third-order valence-electron chi connectivity index (χ3n) is 4.88. The van der Waals surface area contributed by atoms with Crippen molar-refractivity contribution in [3.05, 3.63) is 29.8 Å². The zero-order chi connectivity index (χ0) is 16.1. The summed E-state index contributed by atoms with van der Waals surface area (Å²) in [6.07, 6.45) is 3.59. The Hall–Kier alpha value is -1.13. The van der Waals surface area contributed by atoms with E-state index in [0.29, 0.717) is 12.1 Å². The Morgan fingerprint density at radius 3 is 2.68 bits per heavy atom. The molecule has 1 N–H and O–H groups in total. The number of rotatable bonds is 4. The lowest BCUT2D eigenvalue weighted by atomic mass is 10.0. The van der Waals surface area contributed by atoms with Crippen LogP contribution in [0.5, 0.6) is 0 Å². The van der Waals surface area contributed by atoms with Crippen molar-refractivity contribution < 1.29 is 0 Å². The van der Waals surface area contributed by atoms with Crippen LogP contribution in [0.3, 0.4) is 0 Å². The van der Waals surface area contributed by atoms with Gasteiger partial charge in [-0.2, -0.15) is 0 Å². The van der Waals surface area contributed by atoms with Crippen molar-refractivity contribution in [3.8, 4) is 0 Å². The van der Waals surface area contributed by atoms with E-state index in [1.807, 2.05) is 0 Å². The summed E-state index contributed by atoms with van der Waals surface area (Å²) >= 11 is 5.58. The maximum Gasteiger partial charge on any atom is 0.173 e. The van der Waals surface area contributed by atoms with Gasteiger partial charge in [-0.1, -0.05) is 19.1 Å². The minimum atomic E-state index is 0.661. The molecule has 122 valence electrons. The second-order valence-corrected chi connectivity index (χ2v) is 6.83. The van der Waals surface area contributed by atoms with Gasteiger partial charge in [-0.05, 0) is 70.1 Å². The first kappa shape index (κ1) is 17.2. The highest BCUT2D eigenvalue weighted by atomic mass is 32.1. The van der Waals surface area contributed by atoms with E-state index in [1.165, 1.54) is 24.8 Å². The molecular formula is C18H29N3S. The van der Waals surface area contributed by atoms with Gasteiger partial charge in [0, 0.05) is 30.9 Å². The smallest absolute Gasteiger partial charge is 0.173 e. The van der Waals surface area contributed by atoms with Crippen molar-refractivity contribution in [1.29, 1.82) is 0 Å². The summed E-state index contributed by atoms with van der Waals surface area (Å²) in [6.45, 7) is 8.77. The van der Waals surface area contributed by atoms with Gasteiger partial charge in [0.25, 0.3) is 0 Å². The number of hydrogen-bond donors (Lipinski definition) is 1. The SMILES string of the molecule is CC[C@H](C)N(C)C1CCN(C(=S)Nc2cccc(C)c2)CC1. The summed E-state index contributed by atoms with van der Waals surface area (Å²) in [5.74, 6) is 0. The van der Waals surface area contributed by atoms with E-state index in [4.69, 9.17) is 12.2 Å². The van der Waals surface area contributed by atoms with E-state index >= 15 is 0 Å². The van der Waals surface area contributed by atoms with Crippen LogP contribution in [0.25, 0.3) is 0 Å². The molecule has 1 saturated heterocycles. The number of hydrogen-bond acceptors (Lipinski definition) is 2. The van der Waals surface area contributed by atoms with E-state index in [2.05, 4.69) is 67.2 Å². The van der Waals surface area contributed by atoms with Crippen LogP contribution >= 0.6 is 12.2 Å². The van der Waals surface area contributed by atoms with Crippen LogP contribution in [-0.2, 0) is 0 Å². The molecule has 1 fully saturated rings. The van der Waals surface area contributed by atoms with Gasteiger partial charge in [0.15, 0.2) is 5.11 Å². The first-order valence-corrected chi connectivity index (χ1v) is 8.76. The molecule has 0 spiro atoms. The van der Waals surface area contributed by atoms with Gasteiger partial charge >= 0.3 is 0 Å². The van der Waals surface area contributed by atoms with Crippen LogP contribution in [-0.4, -0.2) is 47.1 Å². The van der Waals surface area contributed by atoms with Crippen molar-refractivity contribution in [2.75, 3.05) is 25.5 Å². The Bertz CT molecular complexity index is 495. The molecule has 0 amide bonds. The van der Waals surface area contributed by atoms with Crippen molar-refractivity contribution >= 4 is 23.0 Å². The normalized spacial score (nSPS) is 17.6.